The number of thioether (sulfide) groups is 1. The van der Waals surface area contributed by atoms with E-state index in [1.807, 2.05) is 11.8 Å². The molecule has 0 saturated carbocycles. The smallest absolute Gasteiger partial charge is 0.409 e. The molecule has 306 valence electrons. The van der Waals surface area contributed by atoms with Gasteiger partial charge < -0.3 is 29.6 Å². The molecule has 2 aromatic carbocycles. The van der Waals surface area contributed by atoms with Crippen LogP contribution in [0.15, 0.2) is 41.2 Å². The molecule has 56 heavy (non-hydrogen) atoms. The fourth-order valence-electron chi connectivity index (χ4n) is 7.54. The van der Waals surface area contributed by atoms with Gasteiger partial charge in [0.2, 0.25) is 12.3 Å². The van der Waals surface area contributed by atoms with E-state index in [1.165, 1.54) is 11.0 Å². The summed E-state index contributed by atoms with van der Waals surface area (Å²) in [6.45, 7) is 7.15. The number of aromatic amines is 1. The Labute approximate surface area is 328 Å². The van der Waals surface area contributed by atoms with Gasteiger partial charge in [0.25, 0.3) is 5.56 Å². The minimum Gasteiger partial charge on any atom is -0.493 e. The highest BCUT2D eigenvalue weighted by atomic mass is 32.2. The molecule has 3 fully saturated rings. The van der Waals surface area contributed by atoms with E-state index in [-0.39, 0.29) is 48.3 Å². The molecule has 2 amide bonds. The highest BCUT2D eigenvalue weighted by Gasteiger charge is 2.46. The first-order valence-corrected chi connectivity index (χ1v) is 20.4. The molecular formula is C39H51F4N7O5S. The van der Waals surface area contributed by atoms with Gasteiger partial charge in [0.05, 0.1) is 17.9 Å². The molecule has 2 unspecified atom stereocenters. The Hall–Kier alpha value is -3.93. The number of carbonyl (C=O) groups is 2. The molecule has 3 saturated heterocycles. The summed E-state index contributed by atoms with van der Waals surface area (Å²) in [6, 6.07) is 8.01. The average Bonchev–Trinajstić information content (AvgIpc) is 3.18. The average molecular weight is 806 g/mol. The number of benzene rings is 2. The number of nitrogens with zero attached hydrogens (tertiary/aromatic N) is 4. The van der Waals surface area contributed by atoms with Crippen LogP contribution in [0.5, 0.6) is 5.75 Å². The molecule has 17 heteroatoms. The minimum atomic E-state index is -4.41. The second-order valence-corrected chi connectivity index (χ2v) is 16.2. The third kappa shape index (κ3) is 11.6. The van der Waals surface area contributed by atoms with Crippen molar-refractivity contribution < 1.29 is 36.6 Å². The number of alkyl halides is 3. The van der Waals surface area contributed by atoms with Crippen molar-refractivity contribution in [2.24, 2.45) is 5.92 Å². The van der Waals surface area contributed by atoms with Gasteiger partial charge in [0.1, 0.15) is 28.8 Å². The van der Waals surface area contributed by atoms with E-state index in [0.717, 1.165) is 57.7 Å². The zero-order valence-electron chi connectivity index (χ0n) is 31.6. The highest BCUT2D eigenvalue weighted by molar-refractivity contribution is 7.99. The van der Waals surface area contributed by atoms with Crippen LogP contribution in [0.2, 0.25) is 0 Å². The largest absolute Gasteiger partial charge is 0.493 e. The number of ether oxygens (including phenoxy) is 2. The number of amides is 2. The van der Waals surface area contributed by atoms with Crippen molar-refractivity contribution in [2.75, 3.05) is 75.9 Å². The molecule has 1 aromatic heterocycles. The number of halogens is 4. The van der Waals surface area contributed by atoms with Crippen LogP contribution in [0.25, 0.3) is 10.9 Å². The van der Waals surface area contributed by atoms with Crippen LogP contribution in [0.1, 0.15) is 51.3 Å². The quantitative estimate of drug-likeness (QED) is 0.131. The maximum absolute atomic E-state index is 15.0. The Kier molecular flexibility index (Phi) is 14.5. The molecule has 4 heterocycles. The number of nitrogens with one attached hydrogen (secondary N) is 3. The summed E-state index contributed by atoms with van der Waals surface area (Å²) in [5.41, 5.74) is 0.997. The minimum absolute atomic E-state index is 0.0807. The van der Waals surface area contributed by atoms with Crippen LogP contribution in [0.3, 0.4) is 0 Å². The summed E-state index contributed by atoms with van der Waals surface area (Å²) in [5, 5.41) is 5.70. The van der Waals surface area contributed by atoms with Gasteiger partial charge in [-0.3, -0.25) is 24.6 Å². The van der Waals surface area contributed by atoms with Crippen LogP contribution < -0.4 is 25.8 Å². The first-order chi connectivity index (χ1) is 26.9. The predicted molar refractivity (Wildman–Crippen MR) is 209 cm³/mol. The first kappa shape index (κ1) is 41.7. The van der Waals surface area contributed by atoms with Gasteiger partial charge in [0, 0.05) is 87.2 Å². The summed E-state index contributed by atoms with van der Waals surface area (Å²) in [5.74, 6) is 0.547. The Morgan fingerprint density at radius 2 is 1.80 bits per heavy atom. The second-order valence-electron chi connectivity index (χ2n) is 14.9. The molecule has 3 N–H and O–H groups in total. The van der Waals surface area contributed by atoms with Crippen LogP contribution in [-0.4, -0.2) is 121 Å². The van der Waals surface area contributed by atoms with Gasteiger partial charge in [-0.15, -0.1) is 0 Å². The number of piperidine rings is 1. The summed E-state index contributed by atoms with van der Waals surface area (Å²) in [4.78, 5) is 47.5. The van der Waals surface area contributed by atoms with E-state index >= 15 is 4.39 Å². The Bertz CT molecular complexity index is 1820. The van der Waals surface area contributed by atoms with Crippen molar-refractivity contribution in [3.63, 3.8) is 0 Å². The molecule has 3 aromatic rings. The van der Waals surface area contributed by atoms with E-state index in [0.29, 0.717) is 67.3 Å². The van der Waals surface area contributed by atoms with Crippen molar-refractivity contribution in [2.45, 2.75) is 74.7 Å². The lowest BCUT2D eigenvalue weighted by atomic mass is 9.98. The second kappa shape index (κ2) is 19.5. The molecule has 6 rings (SSSR count). The number of hydrogen-bond donors (Lipinski definition) is 3. The maximum atomic E-state index is 15.0. The van der Waals surface area contributed by atoms with Gasteiger partial charge in [0.15, 0.2) is 0 Å². The van der Waals surface area contributed by atoms with Gasteiger partial charge in [-0.1, -0.05) is 0 Å². The van der Waals surface area contributed by atoms with Gasteiger partial charge in [-0.25, -0.2) is 9.37 Å². The van der Waals surface area contributed by atoms with E-state index in [4.69, 9.17) is 9.47 Å². The van der Waals surface area contributed by atoms with Gasteiger partial charge in [-0.2, -0.15) is 24.9 Å². The Morgan fingerprint density at radius 3 is 2.52 bits per heavy atom. The molecule has 0 bridgehead atoms. The van der Waals surface area contributed by atoms with Crippen LogP contribution in [-0.2, 0) is 20.1 Å². The molecule has 12 nitrogen and oxygen atoms in total. The zero-order valence-corrected chi connectivity index (χ0v) is 32.4. The van der Waals surface area contributed by atoms with Gasteiger partial charge in [-0.05, 0) is 82.3 Å². The van der Waals surface area contributed by atoms with Crippen molar-refractivity contribution in [1.29, 1.82) is 0 Å². The van der Waals surface area contributed by atoms with Crippen LogP contribution in [0, 0.1) is 11.7 Å². The topological polar surface area (TPSA) is 132 Å². The number of anilines is 2. The number of H-pyrrole nitrogens is 1. The number of carbonyl (C=O) groups excluding carboxylic acids is 2. The third-order valence-electron chi connectivity index (χ3n) is 10.8. The first-order valence-electron chi connectivity index (χ1n) is 19.4. The van der Waals surface area contributed by atoms with Crippen molar-refractivity contribution in [1.82, 2.24) is 25.1 Å². The van der Waals surface area contributed by atoms with E-state index in [1.54, 1.807) is 42.1 Å². The number of likely N-dealkylation sites (tertiary alicyclic amines) is 1. The molecule has 0 spiro atoms. The molecular weight excluding hydrogens is 755 g/mol. The highest BCUT2D eigenvalue weighted by Crippen LogP contribution is 2.33. The SMILES string of the molecule is CC(CCC(=O)NC=O)Nc1ccc(N2CCN(CCN3CCC(COc4cc(F)c5c(=O)[nH]c(CSC6CCOCC6)nc5c4)CC3)CC2C(F)(F)F)cc1. The Morgan fingerprint density at radius 1 is 1.07 bits per heavy atom. The maximum Gasteiger partial charge on any atom is 0.409 e. The lowest BCUT2D eigenvalue weighted by Gasteiger charge is -2.44. The summed E-state index contributed by atoms with van der Waals surface area (Å²) < 4.78 is 69.6. The monoisotopic (exact) mass is 805 g/mol. The number of rotatable bonds is 16. The number of hydrogen-bond acceptors (Lipinski definition) is 11. The molecule has 0 aliphatic carbocycles. The Balaban J connectivity index is 0.941. The number of fused-ring (bicyclic) bond motifs is 1. The normalized spacial score (nSPS) is 19.9. The lowest BCUT2D eigenvalue weighted by Crippen LogP contribution is -2.60. The van der Waals surface area contributed by atoms with E-state index < -0.39 is 23.6 Å². The molecule has 3 aliphatic rings. The van der Waals surface area contributed by atoms with Crippen LogP contribution >= 0.6 is 11.8 Å². The van der Waals surface area contributed by atoms with E-state index in [9.17, 15) is 27.6 Å². The molecule has 3 aliphatic heterocycles. The third-order valence-corrected chi connectivity index (χ3v) is 12.2. The van der Waals surface area contributed by atoms with Crippen LogP contribution in [0.4, 0.5) is 28.9 Å². The summed E-state index contributed by atoms with van der Waals surface area (Å²) >= 11 is 1.71. The number of piperazine rings is 1. The number of aromatic nitrogens is 2. The van der Waals surface area contributed by atoms with E-state index in [2.05, 4.69) is 25.5 Å². The van der Waals surface area contributed by atoms with Crippen molar-refractivity contribution >= 4 is 46.4 Å². The molecule has 0 radical (unpaired) electrons. The summed E-state index contributed by atoms with van der Waals surface area (Å²) in [6.07, 6.45) is 0.194. The zero-order chi connectivity index (χ0) is 39.7. The molecule has 2 atom stereocenters. The fourth-order valence-corrected chi connectivity index (χ4v) is 8.59. The predicted octanol–water partition coefficient (Wildman–Crippen LogP) is 5.17. The lowest BCUT2D eigenvalue weighted by molar-refractivity contribution is -0.156. The number of imide groups is 1. The standard InChI is InChI=1S/C39H51F4N7O5S/c1-26(2-7-36(52)44-25-51)45-28-3-5-29(6-4-28)50-17-16-49(22-34(50)39(41,42)43)15-14-48-12-8-27(9-13-48)23-55-30-20-32(40)37-33(21-30)46-35(47-38(37)53)24-56-31-10-18-54-19-11-31/h3-6,20-21,25-27,31,34,45H,2,7-19,22-24H2,1H3,(H,44,51,52)(H,46,47,53). The fraction of sp³-hybridized carbons (Fsp3) is 0.590. The van der Waals surface area contributed by atoms with Gasteiger partial charge >= 0.3 is 6.18 Å². The summed E-state index contributed by atoms with van der Waals surface area (Å²) in [7, 11) is 0. The van der Waals surface area contributed by atoms with Crippen molar-refractivity contribution in [3.8, 4) is 5.75 Å². The van der Waals surface area contributed by atoms with Crippen molar-refractivity contribution in [3.05, 3.63) is 58.4 Å².